The van der Waals surface area contributed by atoms with Crippen LogP contribution in [0.5, 0.6) is 0 Å². The molecule has 0 aromatic rings. The number of nitrogens with zero attached hydrogens (tertiary/aromatic N) is 2. The van der Waals surface area contributed by atoms with Crippen molar-refractivity contribution in [2.45, 2.75) is 214 Å². The van der Waals surface area contributed by atoms with E-state index in [1.807, 2.05) is 27.7 Å². The molecule has 0 radical (unpaired) electrons. The quantitative estimate of drug-likeness (QED) is 0.0579. The second-order valence-corrected chi connectivity index (χ2v) is 16.1. The van der Waals surface area contributed by atoms with Gasteiger partial charge in [0.25, 0.3) is 0 Å². The van der Waals surface area contributed by atoms with Crippen molar-refractivity contribution in [1.29, 1.82) is 0 Å². The zero-order chi connectivity index (χ0) is 35.2. The minimum absolute atomic E-state index is 0. The Morgan fingerprint density at radius 1 is 0.306 bits per heavy atom. The second-order valence-electron chi connectivity index (χ2n) is 16.1. The molecule has 8 heteroatoms. The Morgan fingerprint density at radius 3 is 0.653 bits per heavy atom. The number of quaternary nitrogens is 2. The molecular weight excluding hydrogens is 744 g/mol. The molecule has 0 amide bonds. The largest absolute Gasteiger partial charge is 1.00 e. The van der Waals surface area contributed by atoms with Crippen LogP contribution in [0.2, 0.25) is 0 Å². The fourth-order valence-electron chi connectivity index (χ4n) is 8.29. The number of aliphatic hydroxyl groups is 4. The molecule has 0 aliphatic carbocycles. The Hall–Kier alpha value is 0.720. The molecule has 0 aromatic heterocycles. The van der Waals surface area contributed by atoms with Gasteiger partial charge in [-0.25, -0.2) is 0 Å². The van der Waals surface area contributed by atoms with Gasteiger partial charge in [0, 0.05) is 0 Å². The van der Waals surface area contributed by atoms with Gasteiger partial charge >= 0.3 is 0 Å². The molecule has 0 heterocycles. The van der Waals surface area contributed by atoms with E-state index < -0.39 is 0 Å². The Morgan fingerprint density at radius 2 is 0.469 bits per heavy atom. The summed E-state index contributed by atoms with van der Waals surface area (Å²) in [7, 11) is 0. The van der Waals surface area contributed by atoms with E-state index in [4.69, 9.17) is 0 Å². The van der Waals surface area contributed by atoms with Crippen molar-refractivity contribution >= 4 is 0 Å². The molecular formula is C41H88Br2N2O4. The lowest BCUT2D eigenvalue weighted by molar-refractivity contribution is -0.935. The van der Waals surface area contributed by atoms with E-state index in [9.17, 15) is 20.4 Å². The van der Waals surface area contributed by atoms with Gasteiger partial charge in [-0.2, -0.15) is 0 Å². The van der Waals surface area contributed by atoms with E-state index in [-0.39, 0.29) is 58.4 Å². The zero-order valence-electron chi connectivity index (χ0n) is 33.7. The van der Waals surface area contributed by atoms with Crippen LogP contribution in [0.15, 0.2) is 0 Å². The molecule has 0 aliphatic rings. The molecule has 0 spiro atoms. The molecule has 4 unspecified atom stereocenters. The number of halogens is 2. The first-order chi connectivity index (χ1) is 22.5. The molecule has 0 bridgehead atoms. The summed E-state index contributed by atoms with van der Waals surface area (Å²) < 4.78 is 1.62. The third kappa shape index (κ3) is 33.1. The topological polar surface area (TPSA) is 80.9 Å². The van der Waals surface area contributed by atoms with Gasteiger partial charge in [-0.05, 0) is 72.6 Å². The first-order valence-corrected chi connectivity index (χ1v) is 20.9. The Balaban J connectivity index is -0.0000106. The third-order valence-corrected chi connectivity index (χ3v) is 10.3. The van der Waals surface area contributed by atoms with Crippen LogP contribution in [-0.2, 0) is 0 Å². The van der Waals surface area contributed by atoms with E-state index in [0.29, 0.717) is 26.2 Å². The monoisotopic (exact) mass is 831 g/mol. The standard InChI is InChI=1S/C41H88N2O4.2BrH/c1-7-9-11-13-15-17-19-21-23-26-30-42(34-38(3)44,35-39(4)45)32-28-25-29-33-43(36-40(5)46,37-41(6)47)31-27-24-22-20-18-16-14-12-10-8-2;;/h38-41,44-47H,7-37H2,1-6H3;2*1H/q+2;;/p-2. The molecule has 0 saturated carbocycles. The van der Waals surface area contributed by atoms with Crippen molar-refractivity contribution in [1.82, 2.24) is 0 Å². The molecule has 0 aromatic carbocycles. The van der Waals surface area contributed by atoms with Crippen molar-refractivity contribution in [3.05, 3.63) is 0 Å². The lowest BCUT2D eigenvalue weighted by Crippen LogP contribution is -3.00. The first kappa shape index (κ1) is 54.1. The lowest BCUT2D eigenvalue weighted by atomic mass is 10.0. The smallest absolute Gasteiger partial charge is 0.105 e. The minimum Gasteiger partial charge on any atom is -1.00 e. The van der Waals surface area contributed by atoms with E-state index in [1.54, 1.807) is 0 Å². The lowest BCUT2D eigenvalue weighted by Gasteiger charge is -2.42. The van der Waals surface area contributed by atoms with Crippen molar-refractivity contribution < 1.29 is 63.4 Å². The summed E-state index contributed by atoms with van der Waals surface area (Å²) in [5.74, 6) is 0. The molecule has 6 nitrogen and oxygen atoms in total. The average molecular weight is 833 g/mol. The van der Waals surface area contributed by atoms with Gasteiger partial charge in [-0.15, -0.1) is 0 Å². The minimum atomic E-state index is -0.376. The van der Waals surface area contributed by atoms with Crippen LogP contribution < -0.4 is 34.0 Å². The van der Waals surface area contributed by atoms with Gasteiger partial charge in [0.05, 0.1) is 26.2 Å². The van der Waals surface area contributed by atoms with E-state index >= 15 is 0 Å². The van der Waals surface area contributed by atoms with Gasteiger partial charge in [0.15, 0.2) is 0 Å². The summed E-state index contributed by atoms with van der Waals surface area (Å²) in [5.41, 5.74) is 0. The number of unbranched alkanes of at least 4 members (excludes halogenated alkanes) is 20. The van der Waals surface area contributed by atoms with Gasteiger partial charge in [-0.3, -0.25) is 0 Å². The molecule has 300 valence electrons. The Kier molecular flexibility index (Phi) is 39.4. The van der Waals surface area contributed by atoms with Crippen molar-refractivity contribution in [3.63, 3.8) is 0 Å². The number of hydrogen-bond donors (Lipinski definition) is 4. The predicted octanol–water partition coefficient (Wildman–Crippen LogP) is 3.16. The number of aliphatic hydroxyl groups excluding tert-OH is 4. The van der Waals surface area contributed by atoms with Crippen LogP contribution in [0, 0.1) is 0 Å². The van der Waals surface area contributed by atoms with Crippen molar-refractivity contribution in [3.8, 4) is 0 Å². The first-order valence-electron chi connectivity index (χ1n) is 20.9. The summed E-state index contributed by atoms with van der Waals surface area (Å²) in [4.78, 5) is 0. The fraction of sp³-hybridized carbons (Fsp3) is 1.00. The highest BCUT2D eigenvalue weighted by Crippen LogP contribution is 2.21. The predicted molar refractivity (Wildman–Crippen MR) is 204 cm³/mol. The normalized spacial score (nSPS) is 16.5. The van der Waals surface area contributed by atoms with E-state index in [2.05, 4.69) is 13.8 Å². The molecule has 0 saturated heterocycles. The average Bonchev–Trinajstić information content (AvgIpc) is 2.97. The number of rotatable bonds is 36. The summed E-state index contributed by atoms with van der Waals surface area (Å²) in [6.45, 7) is 19.1. The van der Waals surface area contributed by atoms with Gasteiger partial charge in [0.1, 0.15) is 50.6 Å². The van der Waals surface area contributed by atoms with Crippen LogP contribution in [0.4, 0.5) is 0 Å². The summed E-state index contributed by atoms with van der Waals surface area (Å²) >= 11 is 0. The molecule has 0 aliphatic heterocycles. The summed E-state index contributed by atoms with van der Waals surface area (Å²) in [6, 6.07) is 0. The molecule has 0 rings (SSSR count). The highest BCUT2D eigenvalue weighted by atomic mass is 79.9. The van der Waals surface area contributed by atoms with Crippen molar-refractivity contribution in [2.75, 3.05) is 52.4 Å². The van der Waals surface area contributed by atoms with Crippen molar-refractivity contribution in [2.24, 2.45) is 0 Å². The van der Waals surface area contributed by atoms with Crippen LogP contribution in [0.1, 0.15) is 189 Å². The van der Waals surface area contributed by atoms with E-state index in [1.165, 1.54) is 116 Å². The molecule has 49 heavy (non-hydrogen) atoms. The SMILES string of the molecule is CCCCCCCCCCCC[N+](CCCCC[N+](CCCCCCCCCCCC)(CC(C)O)CC(C)O)(CC(C)O)CC(C)O.[Br-].[Br-]. The van der Waals surface area contributed by atoms with Gasteiger partial charge < -0.3 is 63.4 Å². The Bertz CT molecular complexity index is 593. The maximum atomic E-state index is 10.5. The van der Waals surface area contributed by atoms with Crippen LogP contribution in [-0.4, -0.2) is 106 Å². The molecule has 0 fully saturated rings. The summed E-state index contributed by atoms with van der Waals surface area (Å²) in [6.07, 6.45) is 28.2. The molecule has 4 N–H and O–H groups in total. The van der Waals surface area contributed by atoms with E-state index in [0.717, 1.165) is 67.2 Å². The van der Waals surface area contributed by atoms with Gasteiger partial charge in [0.2, 0.25) is 0 Å². The maximum absolute atomic E-state index is 10.5. The van der Waals surface area contributed by atoms with Crippen LogP contribution >= 0.6 is 0 Å². The highest BCUT2D eigenvalue weighted by molar-refractivity contribution is 4.60. The highest BCUT2D eigenvalue weighted by Gasteiger charge is 2.32. The van der Waals surface area contributed by atoms with Crippen LogP contribution in [0.3, 0.4) is 0 Å². The number of hydrogen-bond acceptors (Lipinski definition) is 4. The van der Waals surface area contributed by atoms with Crippen LogP contribution in [0.25, 0.3) is 0 Å². The third-order valence-electron chi connectivity index (χ3n) is 10.3. The fourth-order valence-corrected chi connectivity index (χ4v) is 8.29. The Labute approximate surface area is 327 Å². The van der Waals surface area contributed by atoms with Gasteiger partial charge in [-0.1, -0.05) is 117 Å². The zero-order valence-corrected chi connectivity index (χ0v) is 36.8. The second kappa shape index (κ2) is 35.7. The summed E-state index contributed by atoms with van der Waals surface area (Å²) in [5, 5.41) is 41.9. The molecule has 4 atom stereocenters. The maximum Gasteiger partial charge on any atom is 0.105 e.